The van der Waals surface area contributed by atoms with E-state index in [0.29, 0.717) is 22.9 Å². The van der Waals surface area contributed by atoms with Gasteiger partial charge in [0.25, 0.3) is 0 Å². The lowest BCUT2D eigenvalue weighted by molar-refractivity contribution is -0.137. The fraction of sp³-hybridized carbons (Fsp3) is 0.562. The molecule has 0 saturated heterocycles. The molecule has 3 N–H and O–H groups in total. The minimum atomic E-state index is -0.866. The van der Waals surface area contributed by atoms with Crippen LogP contribution in [0.5, 0.6) is 11.5 Å². The molecule has 1 aromatic rings. The molecule has 1 aliphatic carbocycles. The number of methoxy groups -OCH3 is 1. The number of aliphatic carboxylic acids is 1. The average Bonchev–Trinajstić information content (AvgIpc) is 2.99. The smallest absolute Gasteiger partial charge is 0.303 e. The molecule has 1 unspecified atom stereocenters. The van der Waals surface area contributed by atoms with Gasteiger partial charge < -0.3 is 20.3 Å². The highest BCUT2D eigenvalue weighted by Crippen LogP contribution is 2.40. The van der Waals surface area contributed by atoms with E-state index in [1.54, 1.807) is 19.2 Å². The Morgan fingerprint density at radius 3 is 2.73 bits per heavy atom. The van der Waals surface area contributed by atoms with Gasteiger partial charge in [-0.3, -0.25) is 4.79 Å². The van der Waals surface area contributed by atoms with Crippen LogP contribution in [0.15, 0.2) is 12.1 Å². The number of carbonyl (C=O) groups is 1. The molecule has 1 aromatic carbocycles. The Hall–Kier alpha value is -1.46. The van der Waals surface area contributed by atoms with E-state index in [1.165, 1.54) is 12.8 Å². The van der Waals surface area contributed by atoms with E-state index in [1.807, 2.05) is 0 Å². The summed E-state index contributed by atoms with van der Waals surface area (Å²) in [5.74, 6) is 0.222. The lowest BCUT2D eigenvalue weighted by atomic mass is 10.0. The topological polar surface area (TPSA) is 81.8 Å². The van der Waals surface area contributed by atoms with E-state index >= 15 is 0 Å². The maximum absolute atomic E-state index is 10.6. The van der Waals surface area contributed by atoms with Gasteiger partial charge in [-0.05, 0) is 49.8 Å². The highest BCUT2D eigenvalue weighted by atomic mass is 35.5. The van der Waals surface area contributed by atoms with E-state index in [2.05, 4.69) is 0 Å². The van der Waals surface area contributed by atoms with Crippen molar-refractivity contribution in [1.29, 1.82) is 0 Å². The second-order valence-corrected chi connectivity index (χ2v) is 6.00. The quantitative estimate of drug-likeness (QED) is 0.800. The lowest BCUT2D eigenvalue weighted by Crippen LogP contribution is -2.14. The molecular formula is C16H22ClNO4. The van der Waals surface area contributed by atoms with Crippen LogP contribution < -0.4 is 15.2 Å². The summed E-state index contributed by atoms with van der Waals surface area (Å²) in [6, 6.07) is 3.12. The molecule has 0 spiro atoms. The van der Waals surface area contributed by atoms with Gasteiger partial charge in [0, 0.05) is 12.5 Å². The fourth-order valence-corrected chi connectivity index (χ4v) is 2.95. The number of carboxylic acid groups (broad SMARTS) is 1. The molecule has 6 heteroatoms. The van der Waals surface area contributed by atoms with Crippen LogP contribution in [-0.2, 0) is 4.79 Å². The third-order valence-electron chi connectivity index (χ3n) is 3.94. The molecule has 5 nitrogen and oxygen atoms in total. The number of halogens is 1. The van der Waals surface area contributed by atoms with Gasteiger partial charge in [-0.15, -0.1) is 0 Å². The van der Waals surface area contributed by atoms with Crippen LogP contribution in [0.1, 0.15) is 50.1 Å². The van der Waals surface area contributed by atoms with Crippen LogP contribution in [0.2, 0.25) is 5.02 Å². The van der Waals surface area contributed by atoms with Gasteiger partial charge in [0.15, 0.2) is 11.5 Å². The zero-order valence-corrected chi connectivity index (χ0v) is 13.4. The first-order valence-electron chi connectivity index (χ1n) is 7.52. The first-order valence-corrected chi connectivity index (χ1v) is 7.90. The molecule has 1 fully saturated rings. The zero-order chi connectivity index (χ0) is 16.1. The summed E-state index contributed by atoms with van der Waals surface area (Å²) in [6.07, 6.45) is 4.93. The third-order valence-corrected chi connectivity index (χ3v) is 4.22. The zero-order valence-electron chi connectivity index (χ0n) is 12.7. The van der Waals surface area contributed by atoms with E-state index in [-0.39, 0.29) is 12.5 Å². The van der Waals surface area contributed by atoms with E-state index in [0.717, 1.165) is 18.4 Å². The number of carboxylic acids is 1. The van der Waals surface area contributed by atoms with Crippen LogP contribution >= 0.6 is 11.6 Å². The van der Waals surface area contributed by atoms with Crippen molar-refractivity contribution in [2.75, 3.05) is 7.11 Å². The standard InChI is InChI=1S/C16H22ClNO4/c1-21-14-9-10(13(18)6-7-15(19)20)8-12(17)16(14)22-11-4-2-3-5-11/h8-9,11,13H,2-7,18H2,1H3,(H,19,20). The second kappa shape index (κ2) is 7.70. The van der Waals surface area contributed by atoms with Crippen molar-refractivity contribution in [3.05, 3.63) is 22.7 Å². The molecule has 0 heterocycles. The number of nitrogens with two attached hydrogens (primary N) is 1. The van der Waals surface area contributed by atoms with Crippen LogP contribution in [-0.4, -0.2) is 24.3 Å². The van der Waals surface area contributed by atoms with Gasteiger partial charge in [0.05, 0.1) is 18.2 Å². The normalized spacial score (nSPS) is 16.5. The molecule has 1 aliphatic rings. The molecule has 2 rings (SSSR count). The van der Waals surface area contributed by atoms with Gasteiger partial charge in [-0.1, -0.05) is 11.6 Å². The van der Waals surface area contributed by atoms with Crippen LogP contribution in [0.4, 0.5) is 0 Å². The molecule has 1 atom stereocenters. The maximum Gasteiger partial charge on any atom is 0.303 e. The van der Waals surface area contributed by atoms with E-state index in [4.69, 9.17) is 31.9 Å². The Morgan fingerprint density at radius 2 is 2.14 bits per heavy atom. The number of hydrogen-bond acceptors (Lipinski definition) is 4. The third kappa shape index (κ3) is 4.27. The van der Waals surface area contributed by atoms with Crippen molar-refractivity contribution < 1.29 is 19.4 Å². The summed E-state index contributed by atoms with van der Waals surface area (Å²) >= 11 is 6.32. The molecular weight excluding hydrogens is 306 g/mol. The van der Waals surface area contributed by atoms with Crippen LogP contribution in [0.3, 0.4) is 0 Å². The summed E-state index contributed by atoms with van der Waals surface area (Å²) in [5, 5.41) is 9.19. The molecule has 122 valence electrons. The number of rotatable bonds is 7. The van der Waals surface area contributed by atoms with Crippen molar-refractivity contribution in [3.63, 3.8) is 0 Å². The largest absolute Gasteiger partial charge is 0.493 e. The van der Waals surface area contributed by atoms with Crippen LogP contribution in [0, 0.1) is 0 Å². The number of benzene rings is 1. The highest BCUT2D eigenvalue weighted by Gasteiger charge is 2.22. The minimum absolute atomic E-state index is 0.0153. The van der Waals surface area contributed by atoms with Gasteiger partial charge in [0.1, 0.15) is 0 Å². The van der Waals surface area contributed by atoms with Gasteiger partial charge in [0.2, 0.25) is 0 Å². The first-order chi connectivity index (χ1) is 10.5. The van der Waals surface area contributed by atoms with Gasteiger partial charge in [-0.25, -0.2) is 0 Å². The summed E-state index contributed by atoms with van der Waals surface area (Å²) in [7, 11) is 1.56. The van der Waals surface area contributed by atoms with Crippen molar-refractivity contribution >= 4 is 17.6 Å². The number of hydrogen-bond donors (Lipinski definition) is 2. The van der Waals surface area contributed by atoms with Crippen LogP contribution in [0.25, 0.3) is 0 Å². The summed E-state index contributed by atoms with van der Waals surface area (Å²) in [5.41, 5.74) is 6.78. The predicted octanol–water partition coefficient (Wildman–Crippen LogP) is 3.53. The first kappa shape index (κ1) is 16.9. The van der Waals surface area contributed by atoms with Crippen molar-refractivity contribution in [2.24, 2.45) is 5.73 Å². The Morgan fingerprint density at radius 1 is 1.45 bits per heavy atom. The predicted molar refractivity (Wildman–Crippen MR) is 84.7 cm³/mol. The maximum atomic E-state index is 10.6. The Balaban J connectivity index is 2.16. The molecule has 0 bridgehead atoms. The van der Waals surface area contributed by atoms with E-state index < -0.39 is 12.0 Å². The highest BCUT2D eigenvalue weighted by molar-refractivity contribution is 6.32. The molecule has 1 saturated carbocycles. The summed E-state index contributed by atoms with van der Waals surface area (Å²) < 4.78 is 11.3. The lowest BCUT2D eigenvalue weighted by Gasteiger charge is -2.19. The molecule has 0 amide bonds. The van der Waals surface area contributed by atoms with Crippen molar-refractivity contribution in [2.45, 2.75) is 50.7 Å². The summed E-state index contributed by atoms with van der Waals surface area (Å²) in [4.78, 5) is 10.6. The molecule has 0 aromatic heterocycles. The monoisotopic (exact) mass is 327 g/mol. The molecule has 0 aliphatic heterocycles. The Bertz CT molecular complexity index is 529. The molecule has 0 radical (unpaired) electrons. The second-order valence-electron chi connectivity index (χ2n) is 5.60. The van der Waals surface area contributed by atoms with E-state index in [9.17, 15) is 4.79 Å². The Kier molecular flexibility index (Phi) is 5.91. The Labute approximate surface area is 135 Å². The van der Waals surface area contributed by atoms with Gasteiger partial charge >= 0.3 is 5.97 Å². The SMILES string of the molecule is COc1cc(C(N)CCC(=O)O)cc(Cl)c1OC1CCCC1. The number of ether oxygens (including phenoxy) is 2. The van der Waals surface area contributed by atoms with Crippen molar-refractivity contribution in [3.8, 4) is 11.5 Å². The summed E-state index contributed by atoms with van der Waals surface area (Å²) in [6.45, 7) is 0. The fourth-order valence-electron chi connectivity index (χ4n) is 2.69. The molecule has 22 heavy (non-hydrogen) atoms. The minimum Gasteiger partial charge on any atom is -0.493 e. The van der Waals surface area contributed by atoms with Gasteiger partial charge in [-0.2, -0.15) is 0 Å². The van der Waals surface area contributed by atoms with Crippen molar-refractivity contribution in [1.82, 2.24) is 0 Å². The average molecular weight is 328 g/mol.